The van der Waals surface area contributed by atoms with Crippen LogP contribution in [0.4, 0.5) is 0 Å². The van der Waals surface area contributed by atoms with Crippen LogP contribution in [0.25, 0.3) is 0 Å². The van der Waals surface area contributed by atoms with Crippen molar-refractivity contribution < 1.29 is 0 Å². The van der Waals surface area contributed by atoms with Crippen LogP contribution in [-0.4, -0.2) is 29.1 Å². The van der Waals surface area contributed by atoms with E-state index in [1.54, 1.807) is 0 Å². The molecule has 0 aromatic carbocycles. The first-order valence-corrected chi connectivity index (χ1v) is 18.0. The molecule has 38 heavy (non-hydrogen) atoms. The van der Waals surface area contributed by atoms with Gasteiger partial charge in [0, 0.05) is 25.5 Å². The Morgan fingerprint density at radius 2 is 0.632 bits per heavy atom. The monoisotopic (exact) mass is 533 g/mol. The van der Waals surface area contributed by atoms with Crippen molar-refractivity contribution in [3.63, 3.8) is 0 Å². The summed E-state index contributed by atoms with van der Waals surface area (Å²) in [5.41, 5.74) is 0. The van der Waals surface area contributed by atoms with E-state index >= 15 is 0 Å². The van der Waals surface area contributed by atoms with Gasteiger partial charge in [0.2, 0.25) is 0 Å². The zero-order chi connectivity index (χ0) is 27.4. The van der Waals surface area contributed by atoms with Gasteiger partial charge in [-0.05, 0) is 25.7 Å². The van der Waals surface area contributed by atoms with Gasteiger partial charge in [0.05, 0.1) is 0 Å². The molecule has 0 aliphatic carbocycles. The maximum absolute atomic E-state index is 2.68. The van der Waals surface area contributed by atoms with Gasteiger partial charge in [-0.3, -0.25) is 0 Å². The van der Waals surface area contributed by atoms with Crippen LogP contribution in [0.5, 0.6) is 0 Å². The van der Waals surface area contributed by atoms with Gasteiger partial charge in [-0.15, -0.1) is 0 Å². The van der Waals surface area contributed by atoms with Crippen molar-refractivity contribution in [1.29, 1.82) is 0 Å². The minimum Gasteiger partial charge on any atom is -0.356 e. The molecule has 226 valence electrons. The normalized spacial score (nSPS) is 15.3. The van der Waals surface area contributed by atoms with E-state index in [1.807, 2.05) is 0 Å². The third-order valence-electron chi connectivity index (χ3n) is 8.82. The highest BCUT2D eigenvalue weighted by molar-refractivity contribution is 4.96. The molecule has 0 N–H and O–H groups in total. The first kappa shape index (κ1) is 35.4. The van der Waals surface area contributed by atoms with Gasteiger partial charge in [-0.25, -0.2) is 0 Å². The first-order chi connectivity index (χ1) is 18.8. The Morgan fingerprint density at radius 3 is 1.00 bits per heavy atom. The van der Waals surface area contributed by atoms with Crippen LogP contribution in [-0.2, 0) is 0 Å². The maximum Gasteiger partial charge on any atom is 0.101 e. The van der Waals surface area contributed by atoms with Crippen molar-refractivity contribution in [2.45, 2.75) is 207 Å². The molecule has 0 aromatic rings. The van der Waals surface area contributed by atoms with Gasteiger partial charge >= 0.3 is 0 Å². The highest BCUT2D eigenvalue weighted by Crippen LogP contribution is 2.23. The maximum atomic E-state index is 2.68. The van der Waals surface area contributed by atoms with E-state index < -0.39 is 0 Å². The Balaban J connectivity index is 2.00. The first-order valence-electron chi connectivity index (χ1n) is 18.0. The fourth-order valence-electron chi connectivity index (χ4n) is 6.16. The van der Waals surface area contributed by atoms with Crippen molar-refractivity contribution in [3.05, 3.63) is 12.4 Å². The SMILES string of the molecule is CCCCCCCCCCCCCCCCCCCN1C=CN(CCCC)C1CCCCCCCCCC. The van der Waals surface area contributed by atoms with Gasteiger partial charge in [0.15, 0.2) is 0 Å². The van der Waals surface area contributed by atoms with E-state index in [4.69, 9.17) is 0 Å². The molecule has 1 aliphatic rings. The predicted octanol–water partition coefficient (Wildman–Crippen LogP) is 12.4. The molecule has 1 rings (SSSR count). The van der Waals surface area contributed by atoms with Crippen molar-refractivity contribution in [1.82, 2.24) is 9.80 Å². The van der Waals surface area contributed by atoms with Crippen LogP contribution < -0.4 is 0 Å². The Hall–Kier alpha value is -0.660. The Morgan fingerprint density at radius 1 is 0.342 bits per heavy atom. The summed E-state index contributed by atoms with van der Waals surface area (Å²) in [7, 11) is 0. The summed E-state index contributed by atoms with van der Waals surface area (Å²) < 4.78 is 0. The molecule has 1 unspecified atom stereocenters. The van der Waals surface area contributed by atoms with Crippen LogP contribution in [0.3, 0.4) is 0 Å². The average molecular weight is 533 g/mol. The van der Waals surface area contributed by atoms with Crippen LogP contribution >= 0.6 is 0 Å². The molecule has 0 aromatic heterocycles. The standard InChI is InChI=1S/C36H72N2/c1-4-7-10-12-14-16-17-18-19-20-21-22-23-24-26-28-30-33-38-35-34-37(32-9-6-3)36(38)31-29-27-25-15-13-11-8-5-2/h34-36H,4-33H2,1-3H3. The van der Waals surface area contributed by atoms with Crippen molar-refractivity contribution in [2.75, 3.05) is 13.1 Å². The molecule has 1 heterocycles. The fraction of sp³-hybridized carbons (Fsp3) is 0.944. The number of hydrogen-bond donors (Lipinski definition) is 0. The quantitative estimate of drug-likeness (QED) is 0.0848. The van der Waals surface area contributed by atoms with E-state index in [-0.39, 0.29) is 0 Å². The zero-order valence-corrected chi connectivity index (χ0v) is 26.8. The van der Waals surface area contributed by atoms with Crippen LogP contribution in [0.15, 0.2) is 12.4 Å². The van der Waals surface area contributed by atoms with Crippen LogP contribution in [0.1, 0.15) is 201 Å². The number of rotatable bonds is 30. The third-order valence-corrected chi connectivity index (χ3v) is 8.82. The van der Waals surface area contributed by atoms with E-state index in [0.29, 0.717) is 6.17 Å². The molecule has 0 saturated carbocycles. The highest BCUT2D eigenvalue weighted by Gasteiger charge is 2.24. The lowest BCUT2D eigenvalue weighted by Gasteiger charge is -2.33. The molecule has 0 spiro atoms. The van der Waals surface area contributed by atoms with E-state index in [0.717, 1.165) is 0 Å². The molecule has 0 bridgehead atoms. The van der Waals surface area contributed by atoms with E-state index in [2.05, 4.69) is 43.0 Å². The average Bonchev–Trinajstić information content (AvgIpc) is 3.31. The lowest BCUT2D eigenvalue weighted by atomic mass is 10.0. The lowest BCUT2D eigenvalue weighted by Crippen LogP contribution is -2.39. The van der Waals surface area contributed by atoms with Gasteiger partial charge in [0.1, 0.15) is 6.17 Å². The third kappa shape index (κ3) is 20.3. The van der Waals surface area contributed by atoms with E-state index in [1.165, 1.54) is 193 Å². The summed E-state index contributed by atoms with van der Waals surface area (Å²) in [5, 5.41) is 0. The Bertz CT molecular complexity index is 488. The molecule has 2 nitrogen and oxygen atoms in total. The van der Waals surface area contributed by atoms with Crippen molar-refractivity contribution in [3.8, 4) is 0 Å². The van der Waals surface area contributed by atoms with Gasteiger partial charge < -0.3 is 9.80 Å². The largest absolute Gasteiger partial charge is 0.356 e. The Kier molecular flexibility index (Phi) is 26.0. The van der Waals surface area contributed by atoms with Crippen LogP contribution in [0, 0.1) is 0 Å². The molecular weight excluding hydrogens is 460 g/mol. The zero-order valence-electron chi connectivity index (χ0n) is 26.8. The minimum absolute atomic E-state index is 0.641. The summed E-state index contributed by atoms with van der Waals surface area (Å²) in [4.78, 5) is 5.33. The number of nitrogens with zero attached hydrogens (tertiary/aromatic N) is 2. The second kappa shape index (κ2) is 27.9. The summed E-state index contributed by atoms with van der Waals surface area (Å²) in [6.07, 6.45) is 45.6. The highest BCUT2D eigenvalue weighted by atomic mass is 15.4. The molecule has 0 saturated heterocycles. The summed E-state index contributed by atoms with van der Waals surface area (Å²) in [6, 6.07) is 0. The van der Waals surface area contributed by atoms with Gasteiger partial charge in [-0.1, -0.05) is 175 Å². The lowest BCUT2D eigenvalue weighted by molar-refractivity contribution is 0.136. The van der Waals surface area contributed by atoms with Gasteiger partial charge in [0.25, 0.3) is 0 Å². The molecule has 0 fully saturated rings. The molecule has 0 amide bonds. The van der Waals surface area contributed by atoms with Crippen molar-refractivity contribution in [2.24, 2.45) is 0 Å². The minimum atomic E-state index is 0.641. The van der Waals surface area contributed by atoms with E-state index in [9.17, 15) is 0 Å². The second-order valence-electron chi connectivity index (χ2n) is 12.5. The van der Waals surface area contributed by atoms with Crippen molar-refractivity contribution >= 4 is 0 Å². The molecule has 2 heteroatoms. The molecule has 1 atom stereocenters. The molecular formula is C36H72N2. The fourth-order valence-corrected chi connectivity index (χ4v) is 6.16. The Labute approximate surface area is 241 Å². The molecule has 0 radical (unpaired) electrons. The molecule has 1 aliphatic heterocycles. The summed E-state index contributed by atoms with van der Waals surface area (Å²) in [6.45, 7) is 9.44. The summed E-state index contributed by atoms with van der Waals surface area (Å²) >= 11 is 0. The topological polar surface area (TPSA) is 6.48 Å². The second-order valence-corrected chi connectivity index (χ2v) is 12.5. The predicted molar refractivity (Wildman–Crippen MR) is 173 cm³/mol. The number of hydrogen-bond acceptors (Lipinski definition) is 2. The number of unbranched alkanes of at least 4 members (excludes halogenated alkanes) is 24. The van der Waals surface area contributed by atoms with Gasteiger partial charge in [-0.2, -0.15) is 0 Å². The van der Waals surface area contributed by atoms with Crippen LogP contribution in [0.2, 0.25) is 0 Å². The smallest absolute Gasteiger partial charge is 0.101 e. The summed E-state index contributed by atoms with van der Waals surface area (Å²) in [5.74, 6) is 0.